The van der Waals surface area contributed by atoms with Crippen LogP contribution >= 0.6 is 15.9 Å². The van der Waals surface area contributed by atoms with E-state index in [0.717, 1.165) is 14.7 Å². The van der Waals surface area contributed by atoms with Crippen molar-refractivity contribution in [2.75, 3.05) is 0 Å². The van der Waals surface area contributed by atoms with E-state index in [0.29, 0.717) is 0 Å². The monoisotopic (exact) mass is 478 g/mol. The predicted octanol–water partition coefficient (Wildman–Crippen LogP) is 5.67. The molecule has 0 fully saturated rings. The number of rotatable bonds is 3. The SMILES string of the molecule is Brc1ccc(-c2c([Se]c3ccccc3)oc3ccc4ccccc4c23)cc1. The quantitative estimate of drug-likeness (QED) is 0.305. The first-order valence-corrected chi connectivity index (χ1v) is 11.2. The van der Waals surface area contributed by atoms with Gasteiger partial charge in [-0.25, -0.2) is 0 Å². The fourth-order valence-corrected chi connectivity index (χ4v) is 5.67. The Morgan fingerprint density at radius 3 is 2.26 bits per heavy atom. The van der Waals surface area contributed by atoms with E-state index in [-0.39, 0.29) is 15.0 Å². The summed E-state index contributed by atoms with van der Waals surface area (Å²) in [4.78, 5) is 0. The Kier molecular flexibility index (Phi) is 4.37. The number of benzene rings is 4. The summed E-state index contributed by atoms with van der Waals surface area (Å²) in [5.74, 6) is 0. The molecule has 4 aromatic carbocycles. The van der Waals surface area contributed by atoms with E-state index in [1.807, 2.05) is 0 Å². The van der Waals surface area contributed by atoms with Gasteiger partial charge in [0.25, 0.3) is 0 Å². The van der Waals surface area contributed by atoms with Gasteiger partial charge in [-0.15, -0.1) is 0 Å². The van der Waals surface area contributed by atoms with Crippen LogP contribution in [0, 0.1) is 0 Å². The third-order valence-corrected chi connectivity index (χ3v) is 7.22. The van der Waals surface area contributed by atoms with E-state index in [2.05, 4.69) is 107 Å². The van der Waals surface area contributed by atoms with Crippen LogP contribution in [-0.4, -0.2) is 15.0 Å². The first-order chi connectivity index (χ1) is 13.3. The Labute approximate surface area is 172 Å². The first kappa shape index (κ1) is 16.8. The average molecular weight is 478 g/mol. The molecule has 130 valence electrons. The summed E-state index contributed by atoms with van der Waals surface area (Å²) in [7, 11) is 0. The molecule has 0 saturated heterocycles. The molecule has 3 heteroatoms. The third kappa shape index (κ3) is 3.12. The van der Waals surface area contributed by atoms with Crippen molar-refractivity contribution >= 4 is 61.7 Å². The minimum absolute atomic E-state index is 0.101. The van der Waals surface area contributed by atoms with Gasteiger partial charge in [0.1, 0.15) is 0 Å². The van der Waals surface area contributed by atoms with Crippen LogP contribution in [0.4, 0.5) is 0 Å². The Bertz CT molecular complexity index is 1240. The molecule has 0 amide bonds. The van der Waals surface area contributed by atoms with Gasteiger partial charge >= 0.3 is 173 Å². The average Bonchev–Trinajstić information content (AvgIpc) is 3.08. The zero-order valence-electron chi connectivity index (χ0n) is 14.4. The van der Waals surface area contributed by atoms with E-state index in [9.17, 15) is 0 Å². The zero-order valence-corrected chi connectivity index (χ0v) is 17.7. The van der Waals surface area contributed by atoms with Gasteiger partial charge < -0.3 is 0 Å². The number of fused-ring (bicyclic) bond motifs is 3. The van der Waals surface area contributed by atoms with Gasteiger partial charge in [0, 0.05) is 0 Å². The van der Waals surface area contributed by atoms with Crippen LogP contribution in [0.1, 0.15) is 0 Å². The molecule has 5 aromatic rings. The Hall–Kier alpha value is -2.32. The molecular weight excluding hydrogens is 463 g/mol. The number of furan rings is 1. The van der Waals surface area contributed by atoms with Crippen LogP contribution in [-0.2, 0) is 0 Å². The molecule has 0 aliphatic carbocycles. The summed E-state index contributed by atoms with van der Waals surface area (Å²) in [6.07, 6.45) is 0. The summed E-state index contributed by atoms with van der Waals surface area (Å²) in [6.45, 7) is 0. The van der Waals surface area contributed by atoms with E-state index in [1.54, 1.807) is 0 Å². The molecule has 0 radical (unpaired) electrons. The minimum atomic E-state index is 0.101. The Balaban J connectivity index is 1.82. The second kappa shape index (κ2) is 7.01. The molecule has 0 N–H and O–H groups in total. The maximum atomic E-state index is 6.41. The number of halogens is 1. The molecule has 0 unspecified atom stereocenters. The van der Waals surface area contributed by atoms with Crippen LogP contribution in [0.5, 0.6) is 0 Å². The molecule has 1 aromatic heterocycles. The normalized spacial score (nSPS) is 11.3. The molecule has 0 atom stereocenters. The molecule has 0 aliphatic heterocycles. The third-order valence-electron chi connectivity index (χ3n) is 4.63. The van der Waals surface area contributed by atoms with Crippen LogP contribution in [0.3, 0.4) is 0 Å². The topological polar surface area (TPSA) is 13.1 Å². The van der Waals surface area contributed by atoms with Gasteiger partial charge in [-0.2, -0.15) is 0 Å². The molecular formula is C24H15BrOSe. The molecule has 5 rings (SSSR count). The van der Waals surface area contributed by atoms with Crippen molar-refractivity contribution in [2.24, 2.45) is 0 Å². The maximum absolute atomic E-state index is 6.41. The van der Waals surface area contributed by atoms with Crippen molar-refractivity contribution in [1.82, 2.24) is 0 Å². The van der Waals surface area contributed by atoms with E-state index in [1.165, 1.54) is 31.7 Å². The van der Waals surface area contributed by atoms with Gasteiger partial charge in [-0.1, -0.05) is 0 Å². The molecule has 0 aliphatic rings. The van der Waals surface area contributed by atoms with Crippen LogP contribution in [0.15, 0.2) is 99.9 Å². The second-order valence-corrected chi connectivity index (χ2v) is 9.46. The molecule has 27 heavy (non-hydrogen) atoms. The molecule has 0 spiro atoms. The van der Waals surface area contributed by atoms with Crippen molar-refractivity contribution in [1.29, 1.82) is 0 Å². The molecule has 0 saturated carbocycles. The van der Waals surface area contributed by atoms with E-state index < -0.39 is 0 Å². The predicted molar refractivity (Wildman–Crippen MR) is 118 cm³/mol. The summed E-state index contributed by atoms with van der Waals surface area (Å²) in [5.41, 5.74) is 3.37. The van der Waals surface area contributed by atoms with E-state index in [4.69, 9.17) is 4.42 Å². The van der Waals surface area contributed by atoms with Gasteiger partial charge in [0.2, 0.25) is 0 Å². The van der Waals surface area contributed by atoms with Crippen molar-refractivity contribution in [3.05, 3.63) is 95.5 Å². The van der Waals surface area contributed by atoms with Crippen molar-refractivity contribution in [3.8, 4) is 11.1 Å². The van der Waals surface area contributed by atoms with Crippen molar-refractivity contribution in [3.63, 3.8) is 0 Å². The Morgan fingerprint density at radius 2 is 1.44 bits per heavy atom. The van der Waals surface area contributed by atoms with Crippen LogP contribution in [0.2, 0.25) is 0 Å². The number of hydrogen-bond donors (Lipinski definition) is 0. The summed E-state index contributed by atoms with van der Waals surface area (Å²) < 4.78 is 9.88. The standard InChI is InChI=1S/C24H15BrOSe/c25-18-13-10-17(11-14-18)22-23-20-9-5-4-6-16(20)12-15-21(23)26-24(22)27-19-7-2-1-3-8-19/h1-15H. The van der Waals surface area contributed by atoms with Gasteiger partial charge in [0.15, 0.2) is 0 Å². The Morgan fingerprint density at radius 1 is 0.704 bits per heavy atom. The number of hydrogen-bond acceptors (Lipinski definition) is 1. The fraction of sp³-hybridized carbons (Fsp3) is 0. The summed E-state index contributed by atoms with van der Waals surface area (Å²) in [6, 6.07) is 31.9. The molecule has 1 nitrogen and oxygen atoms in total. The summed E-state index contributed by atoms with van der Waals surface area (Å²) >= 11 is 3.65. The van der Waals surface area contributed by atoms with E-state index >= 15 is 0 Å². The zero-order chi connectivity index (χ0) is 18.2. The molecule has 0 bridgehead atoms. The fourth-order valence-electron chi connectivity index (χ4n) is 3.39. The second-order valence-electron chi connectivity index (χ2n) is 6.35. The first-order valence-electron chi connectivity index (χ1n) is 8.73. The van der Waals surface area contributed by atoms with Crippen molar-refractivity contribution in [2.45, 2.75) is 0 Å². The van der Waals surface area contributed by atoms with Crippen LogP contribution in [0.25, 0.3) is 32.9 Å². The van der Waals surface area contributed by atoms with Crippen LogP contribution < -0.4 is 9.12 Å². The molecule has 1 heterocycles. The van der Waals surface area contributed by atoms with Gasteiger partial charge in [-0.3, -0.25) is 0 Å². The van der Waals surface area contributed by atoms with Gasteiger partial charge in [-0.05, 0) is 0 Å². The van der Waals surface area contributed by atoms with Crippen molar-refractivity contribution < 1.29 is 4.42 Å². The summed E-state index contributed by atoms with van der Waals surface area (Å²) in [5, 5.41) is 3.69. The van der Waals surface area contributed by atoms with Gasteiger partial charge in [0.05, 0.1) is 0 Å².